The number of rotatable bonds is 2. The minimum absolute atomic E-state index is 0. The molecular weight excluding hydrogens is 252 g/mol. The minimum atomic E-state index is -0.968. The van der Waals surface area contributed by atoms with Crippen molar-refractivity contribution in [3.63, 3.8) is 0 Å². The van der Waals surface area contributed by atoms with E-state index in [4.69, 9.17) is 10.2 Å². The van der Waals surface area contributed by atoms with E-state index in [2.05, 4.69) is 11.5 Å². The molecule has 0 atom stereocenters. The second kappa shape index (κ2) is 17.1. The normalized spacial score (nSPS) is 6.17. The summed E-state index contributed by atoms with van der Waals surface area (Å²) < 4.78 is 0. The van der Waals surface area contributed by atoms with Crippen LogP contribution in [0.15, 0.2) is 0 Å². The summed E-state index contributed by atoms with van der Waals surface area (Å²) in [6.45, 7) is -0.556. The Kier molecular flexibility index (Phi) is 32.3. The molecule has 0 aliphatic carbocycles. The molecule has 0 unspecified atom stereocenters. The maximum Gasteiger partial charge on any atom is 0.317 e. The molecular formula is C4H10Fe2N2O4. The monoisotopic (exact) mass is 262 g/mol. The fraction of sp³-hybridized carbons (Fsp3) is 0.500. The molecule has 0 saturated heterocycles. The van der Waals surface area contributed by atoms with Crippen LogP contribution >= 0.6 is 0 Å². The Hall–Kier alpha value is -0.101. The average molecular weight is 262 g/mol. The van der Waals surface area contributed by atoms with Crippen LogP contribution in [-0.2, 0) is 43.7 Å². The van der Waals surface area contributed by atoms with Gasteiger partial charge in [0, 0.05) is 34.1 Å². The average Bonchev–Trinajstić information content (AvgIpc) is 1.89. The summed E-state index contributed by atoms with van der Waals surface area (Å²) in [6, 6.07) is 0. The van der Waals surface area contributed by atoms with Gasteiger partial charge in [-0.3, -0.25) is 9.59 Å². The van der Waals surface area contributed by atoms with Crippen LogP contribution in [0.25, 0.3) is 0 Å². The zero-order chi connectivity index (χ0) is 8.57. The molecule has 6 nitrogen and oxygen atoms in total. The topological polar surface area (TPSA) is 127 Å². The number of carboxylic acid groups (broad SMARTS) is 2. The van der Waals surface area contributed by atoms with Crippen molar-refractivity contribution < 1.29 is 53.9 Å². The van der Waals surface area contributed by atoms with Crippen molar-refractivity contribution in [2.24, 2.45) is 11.5 Å². The first-order chi connectivity index (χ1) is 4.54. The fourth-order valence-electron chi connectivity index (χ4n) is 0. The number of carboxylic acids is 2. The van der Waals surface area contributed by atoms with Crippen molar-refractivity contribution in [3.8, 4) is 0 Å². The van der Waals surface area contributed by atoms with Crippen LogP contribution in [0, 0.1) is 0 Å². The second-order valence-corrected chi connectivity index (χ2v) is 1.20. The summed E-state index contributed by atoms with van der Waals surface area (Å²) in [5.41, 5.74) is 9.14. The summed E-state index contributed by atoms with van der Waals surface area (Å²) in [7, 11) is 0. The molecule has 0 spiro atoms. The van der Waals surface area contributed by atoms with Crippen LogP contribution in [-0.4, -0.2) is 35.2 Å². The molecule has 0 saturated carbocycles. The van der Waals surface area contributed by atoms with Gasteiger partial charge < -0.3 is 21.7 Å². The Labute approximate surface area is 90.6 Å². The maximum absolute atomic E-state index is 9.24. The Morgan fingerprint density at radius 2 is 1.00 bits per heavy atom. The molecule has 0 amide bonds. The summed E-state index contributed by atoms with van der Waals surface area (Å²) in [5.74, 6) is -1.94. The van der Waals surface area contributed by atoms with Crippen LogP contribution in [0.1, 0.15) is 0 Å². The molecule has 0 aromatic carbocycles. The Morgan fingerprint density at radius 1 is 0.917 bits per heavy atom. The van der Waals surface area contributed by atoms with Gasteiger partial charge in [0.2, 0.25) is 0 Å². The van der Waals surface area contributed by atoms with Gasteiger partial charge in [-0.25, -0.2) is 0 Å². The molecule has 0 radical (unpaired) electrons. The molecule has 8 heteroatoms. The van der Waals surface area contributed by atoms with Gasteiger partial charge in [-0.05, 0) is 0 Å². The number of aliphatic carboxylic acids is 2. The Bertz CT molecular complexity index is 108. The van der Waals surface area contributed by atoms with E-state index in [0.29, 0.717) is 0 Å². The number of nitrogens with two attached hydrogens (primary N) is 2. The predicted octanol–water partition coefficient (Wildman–Crippen LogP) is -1.95. The number of carbonyl (C=O) groups is 2. The van der Waals surface area contributed by atoms with Crippen LogP contribution in [0.3, 0.4) is 0 Å². The van der Waals surface area contributed by atoms with Crippen LogP contribution < -0.4 is 11.5 Å². The number of hydrogen-bond donors (Lipinski definition) is 4. The van der Waals surface area contributed by atoms with Crippen LogP contribution in [0.4, 0.5) is 0 Å². The molecule has 0 aromatic heterocycles. The first-order valence-electron chi connectivity index (χ1n) is 2.38. The van der Waals surface area contributed by atoms with E-state index >= 15 is 0 Å². The van der Waals surface area contributed by atoms with Gasteiger partial charge in [0.1, 0.15) is 0 Å². The van der Waals surface area contributed by atoms with Gasteiger partial charge in [0.05, 0.1) is 13.1 Å². The van der Waals surface area contributed by atoms with Crippen LogP contribution in [0.2, 0.25) is 0 Å². The Balaban J connectivity index is -0.0000000457. The van der Waals surface area contributed by atoms with Gasteiger partial charge in [0.25, 0.3) is 0 Å². The predicted molar refractivity (Wildman–Crippen MR) is 33.4 cm³/mol. The summed E-state index contributed by atoms with van der Waals surface area (Å²) >= 11 is 0. The molecule has 12 heavy (non-hydrogen) atoms. The van der Waals surface area contributed by atoms with E-state index in [1.165, 1.54) is 0 Å². The largest absolute Gasteiger partial charge is 0.480 e. The second-order valence-electron chi connectivity index (χ2n) is 1.20. The van der Waals surface area contributed by atoms with Crippen LogP contribution in [0.5, 0.6) is 0 Å². The van der Waals surface area contributed by atoms with Gasteiger partial charge in [-0.1, -0.05) is 0 Å². The van der Waals surface area contributed by atoms with Gasteiger partial charge in [0.15, 0.2) is 0 Å². The molecule has 0 aliphatic heterocycles. The van der Waals surface area contributed by atoms with Crippen molar-refractivity contribution in [2.45, 2.75) is 0 Å². The van der Waals surface area contributed by atoms with E-state index in [1.54, 1.807) is 0 Å². The Morgan fingerprint density at radius 3 is 1.00 bits per heavy atom. The van der Waals surface area contributed by atoms with Crippen molar-refractivity contribution in [2.75, 3.05) is 13.1 Å². The summed E-state index contributed by atoms with van der Waals surface area (Å²) in [5, 5.41) is 15.2. The van der Waals surface area contributed by atoms with E-state index in [9.17, 15) is 9.59 Å². The third-order valence-corrected chi connectivity index (χ3v) is 0.349. The number of hydrogen-bond acceptors (Lipinski definition) is 4. The standard InChI is InChI=1S/2C2H5NO2.2Fe/c2*3-1-2(4)5;;/h2*1,3H2,(H,4,5);;. The summed E-state index contributed by atoms with van der Waals surface area (Å²) in [4.78, 5) is 18.5. The molecule has 6 N–H and O–H groups in total. The first-order valence-corrected chi connectivity index (χ1v) is 2.38. The van der Waals surface area contributed by atoms with Crippen molar-refractivity contribution in [1.82, 2.24) is 0 Å². The fourth-order valence-corrected chi connectivity index (χ4v) is 0. The molecule has 0 heterocycles. The molecule has 76 valence electrons. The van der Waals surface area contributed by atoms with Crippen molar-refractivity contribution in [1.29, 1.82) is 0 Å². The van der Waals surface area contributed by atoms with E-state index in [1.807, 2.05) is 0 Å². The molecule has 0 aliphatic rings. The van der Waals surface area contributed by atoms with Gasteiger partial charge >= 0.3 is 11.9 Å². The van der Waals surface area contributed by atoms with Gasteiger partial charge in [-0.15, -0.1) is 0 Å². The third kappa shape index (κ3) is 51.6. The van der Waals surface area contributed by atoms with Crippen molar-refractivity contribution in [3.05, 3.63) is 0 Å². The van der Waals surface area contributed by atoms with E-state index in [-0.39, 0.29) is 47.2 Å². The molecule has 0 rings (SSSR count). The first kappa shape index (κ1) is 22.7. The maximum atomic E-state index is 9.24. The quantitative estimate of drug-likeness (QED) is 0.428. The SMILES string of the molecule is NCC(=O)O.NCC(=O)O.[Fe].[Fe]. The zero-order valence-electron chi connectivity index (χ0n) is 5.99. The van der Waals surface area contributed by atoms with E-state index < -0.39 is 11.9 Å². The smallest absolute Gasteiger partial charge is 0.317 e. The minimum Gasteiger partial charge on any atom is -0.480 e. The van der Waals surface area contributed by atoms with E-state index in [0.717, 1.165) is 0 Å². The molecule has 0 bridgehead atoms. The molecule has 0 aromatic rings. The van der Waals surface area contributed by atoms with Gasteiger partial charge in [-0.2, -0.15) is 0 Å². The van der Waals surface area contributed by atoms with Crippen molar-refractivity contribution >= 4 is 11.9 Å². The summed E-state index contributed by atoms with van der Waals surface area (Å²) in [6.07, 6.45) is 0. The zero-order valence-corrected chi connectivity index (χ0v) is 8.20. The molecule has 0 fully saturated rings. The third-order valence-electron chi connectivity index (χ3n) is 0.349.